The topological polar surface area (TPSA) is 15.6 Å². The van der Waals surface area contributed by atoms with Crippen LogP contribution in [-0.4, -0.2) is 37.8 Å². The zero-order valence-corrected chi connectivity index (χ0v) is 9.97. The fraction of sp³-hybridized carbons (Fsp3) is 0.500. The lowest BCUT2D eigenvalue weighted by Gasteiger charge is -2.27. The minimum atomic E-state index is 0.788. The average molecular weight is 216 g/mol. The molecule has 1 saturated heterocycles. The molecule has 1 aromatic rings. The highest BCUT2D eigenvalue weighted by molar-refractivity contribution is 5.79. The van der Waals surface area contributed by atoms with Gasteiger partial charge in [0.1, 0.15) is 0 Å². The van der Waals surface area contributed by atoms with Crippen LogP contribution in [0.25, 0.3) is 0 Å². The number of nitrogens with zero attached hydrogens (tertiary/aromatic N) is 2. The van der Waals surface area contributed by atoms with Crippen molar-refractivity contribution in [2.24, 2.45) is 10.9 Å². The Morgan fingerprint density at radius 3 is 2.62 bits per heavy atom. The quantitative estimate of drug-likeness (QED) is 0.709. The van der Waals surface area contributed by atoms with E-state index in [2.05, 4.69) is 41.2 Å². The number of hydrogen-bond donors (Lipinski definition) is 0. The van der Waals surface area contributed by atoms with Gasteiger partial charge >= 0.3 is 0 Å². The third-order valence-electron chi connectivity index (χ3n) is 3.24. The summed E-state index contributed by atoms with van der Waals surface area (Å²) >= 11 is 0. The zero-order chi connectivity index (χ0) is 11.2. The van der Waals surface area contributed by atoms with E-state index in [-0.39, 0.29) is 0 Å². The van der Waals surface area contributed by atoms with Gasteiger partial charge in [-0.05, 0) is 44.5 Å². The molecule has 1 aromatic carbocycles. The summed E-state index contributed by atoms with van der Waals surface area (Å²) in [5.74, 6) is 0.788. The van der Waals surface area contributed by atoms with Crippen molar-refractivity contribution < 1.29 is 0 Å². The summed E-state index contributed by atoms with van der Waals surface area (Å²) in [6, 6.07) is 10.3. The summed E-state index contributed by atoms with van der Waals surface area (Å²) in [4.78, 5) is 6.95. The second kappa shape index (κ2) is 5.80. The van der Waals surface area contributed by atoms with Crippen molar-refractivity contribution in [3.8, 4) is 0 Å². The Bertz CT molecular complexity index is 324. The Morgan fingerprint density at radius 2 is 1.94 bits per heavy atom. The molecular weight excluding hydrogens is 196 g/mol. The monoisotopic (exact) mass is 216 g/mol. The van der Waals surface area contributed by atoms with E-state index in [0.717, 1.165) is 12.5 Å². The molecule has 0 bridgehead atoms. The third-order valence-corrected chi connectivity index (χ3v) is 3.24. The minimum absolute atomic E-state index is 0.788. The summed E-state index contributed by atoms with van der Waals surface area (Å²) in [5.41, 5.74) is 1.20. The Hall–Kier alpha value is -1.15. The maximum absolute atomic E-state index is 4.55. The predicted octanol–water partition coefficient (Wildman–Crippen LogP) is 2.45. The number of hydrogen-bond acceptors (Lipinski definition) is 2. The molecule has 1 heterocycles. The van der Waals surface area contributed by atoms with Gasteiger partial charge in [0.2, 0.25) is 0 Å². The van der Waals surface area contributed by atoms with Gasteiger partial charge in [-0.3, -0.25) is 4.99 Å². The molecule has 0 amide bonds. The summed E-state index contributed by atoms with van der Waals surface area (Å²) in [6.45, 7) is 3.44. The molecule has 2 heteroatoms. The van der Waals surface area contributed by atoms with Crippen LogP contribution in [0.1, 0.15) is 18.4 Å². The molecule has 0 radical (unpaired) electrons. The lowest BCUT2D eigenvalue weighted by Crippen LogP contribution is -2.31. The van der Waals surface area contributed by atoms with E-state index in [1.807, 2.05) is 12.3 Å². The van der Waals surface area contributed by atoms with Crippen LogP contribution in [0.2, 0.25) is 0 Å². The van der Waals surface area contributed by atoms with Gasteiger partial charge in [-0.25, -0.2) is 0 Å². The lowest BCUT2D eigenvalue weighted by molar-refractivity contribution is 0.224. The van der Waals surface area contributed by atoms with Crippen LogP contribution < -0.4 is 0 Å². The maximum atomic E-state index is 4.55. The van der Waals surface area contributed by atoms with Gasteiger partial charge in [-0.2, -0.15) is 0 Å². The molecule has 0 unspecified atom stereocenters. The van der Waals surface area contributed by atoms with Gasteiger partial charge in [0.15, 0.2) is 0 Å². The zero-order valence-electron chi connectivity index (χ0n) is 9.97. The molecule has 2 nitrogen and oxygen atoms in total. The van der Waals surface area contributed by atoms with E-state index in [1.165, 1.54) is 31.5 Å². The van der Waals surface area contributed by atoms with Gasteiger partial charge < -0.3 is 4.90 Å². The molecule has 0 aliphatic carbocycles. The number of aliphatic imine (C=N–C) groups is 1. The SMILES string of the molecule is CN1CCC(CN=Cc2ccccc2)CC1. The van der Waals surface area contributed by atoms with Crippen molar-refractivity contribution >= 4 is 6.21 Å². The van der Waals surface area contributed by atoms with E-state index < -0.39 is 0 Å². The summed E-state index contributed by atoms with van der Waals surface area (Å²) in [5, 5.41) is 0. The molecule has 1 aliphatic rings. The highest BCUT2D eigenvalue weighted by Gasteiger charge is 2.15. The van der Waals surface area contributed by atoms with E-state index in [9.17, 15) is 0 Å². The van der Waals surface area contributed by atoms with Crippen LogP contribution in [-0.2, 0) is 0 Å². The van der Waals surface area contributed by atoms with Crippen LogP contribution in [0.15, 0.2) is 35.3 Å². The van der Waals surface area contributed by atoms with Crippen LogP contribution in [0, 0.1) is 5.92 Å². The fourth-order valence-electron chi connectivity index (χ4n) is 2.09. The highest BCUT2D eigenvalue weighted by Crippen LogP contribution is 2.15. The molecule has 86 valence electrons. The van der Waals surface area contributed by atoms with Crippen molar-refractivity contribution in [1.29, 1.82) is 0 Å². The molecular formula is C14H20N2. The number of benzene rings is 1. The van der Waals surface area contributed by atoms with Crippen molar-refractivity contribution in [2.75, 3.05) is 26.7 Å². The van der Waals surface area contributed by atoms with Crippen LogP contribution in [0.5, 0.6) is 0 Å². The van der Waals surface area contributed by atoms with Gasteiger partial charge in [0.05, 0.1) is 0 Å². The van der Waals surface area contributed by atoms with E-state index in [0.29, 0.717) is 0 Å². The Kier molecular flexibility index (Phi) is 4.11. The van der Waals surface area contributed by atoms with Crippen molar-refractivity contribution in [3.63, 3.8) is 0 Å². The lowest BCUT2D eigenvalue weighted by atomic mass is 9.97. The van der Waals surface area contributed by atoms with Crippen molar-refractivity contribution in [2.45, 2.75) is 12.8 Å². The van der Waals surface area contributed by atoms with Crippen LogP contribution in [0.3, 0.4) is 0 Å². The molecule has 0 N–H and O–H groups in total. The number of rotatable bonds is 3. The third kappa shape index (κ3) is 3.46. The average Bonchev–Trinajstić information content (AvgIpc) is 2.33. The smallest absolute Gasteiger partial charge is 0.0418 e. The molecule has 2 rings (SSSR count). The minimum Gasteiger partial charge on any atom is -0.306 e. The Balaban J connectivity index is 1.77. The highest BCUT2D eigenvalue weighted by atomic mass is 15.1. The van der Waals surface area contributed by atoms with Crippen molar-refractivity contribution in [3.05, 3.63) is 35.9 Å². The second-order valence-electron chi connectivity index (χ2n) is 4.65. The van der Waals surface area contributed by atoms with E-state index in [4.69, 9.17) is 0 Å². The van der Waals surface area contributed by atoms with Crippen LogP contribution in [0.4, 0.5) is 0 Å². The first kappa shape index (κ1) is 11.3. The first-order chi connectivity index (χ1) is 7.84. The van der Waals surface area contributed by atoms with Gasteiger partial charge in [0.25, 0.3) is 0 Å². The number of piperidine rings is 1. The second-order valence-corrected chi connectivity index (χ2v) is 4.65. The standard InChI is InChI=1S/C14H20N2/c1-16-9-7-14(8-10-16)12-15-11-13-5-3-2-4-6-13/h2-6,11,14H,7-10,12H2,1H3. The molecule has 1 aliphatic heterocycles. The number of likely N-dealkylation sites (tertiary alicyclic amines) is 1. The molecule has 1 fully saturated rings. The van der Waals surface area contributed by atoms with Gasteiger partial charge in [0, 0.05) is 12.8 Å². The van der Waals surface area contributed by atoms with Crippen molar-refractivity contribution in [1.82, 2.24) is 4.90 Å². The first-order valence-electron chi connectivity index (χ1n) is 6.08. The van der Waals surface area contributed by atoms with Crippen LogP contribution >= 0.6 is 0 Å². The van der Waals surface area contributed by atoms with Gasteiger partial charge in [-0.1, -0.05) is 30.3 Å². The van der Waals surface area contributed by atoms with E-state index in [1.54, 1.807) is 0 Å². The molecule has 0 spiro atoms. The predicted molar refractivity (Wildman–Crippen MR) is 69.1 cm³/mol. The largest absolute Gasteiger partial charge is 0.306 e. The first-order valence-corrected chi connectivity index (χ1v) is 6.08. The summed E-state index contributed by atoms with van der Waals surface area (Å²) < 4.78 is 0. The molecule has 0 saturated carbocycles. The molecule has 0 atom stereocenters. The Labute approximate surface area is 98.0 Å². The van der Waals surface area contributed by atoms with E-state index >= 15 is 0 Å². The fourth-order valence-corrected chi connectivity index (χ4v) is 2.09. The van der Waals surface area contributed by atoms with Gasteiger partial charge in [-0.15, -0.1) is 0 Å². The summed E-state index contributed by atoms with van der Waals surface area (Å²) in [6.07, 6.45) is 4.59. The summed E-state index contributed by atoms with van der Waals surface area (Å²) in [7, 11) is 2.20. The molecule has 0 aromatic heterocycles. The maximum Gasteiger partial charge on any atom is 0.0418 e. The molecule has 16 heavy (non-hydrogen) atoms. The normalized spacial score (nSPS) is 19.3. The Morgan fingerprint density at radius 1 is 1.25 bits per heavy atom.